The molecule has 0 bridgehead atoms. The Morgan fingerprint density at radius 1 is 1.35 bits per heavy atom. The number of aromatic amines is 1. The fraction of sp³-hybridized carbons (Fsp3) is 0.333. The normalized spacial score (nSPS) is 13.9. The van der Waals surface area contributed by atoms with Gasteiger partial charge in [-0.15, -0.1) is 0 Å². The van der Waals surface area contributed by atoms with Crippen LogP contribution in [0.5, 0.6) is 0 Å². The lowest BCUT2D eigenvalue weighted by atomic mass is 9.99. The second-order valence-electron chi connectivity index (χ2n) is 5.22. The second-order valence-corrected chi connectivity index (χ2v) is 5.22. The molecule has 106 valence electrons. The van der Waals surface area contributed by atoms with Gasteiger partial charge in [0.15, 0.2) is 0 Å². The summed E-state index contributed by atoms with van der Waals surface area (Å²) >= 11 is 0. The largest absolute Gasteiger partial charge is 0.480 e. The monoisotopic (exact) mass is 274 g/mol. The Labute approximate surface area is 117 Å². The maximum atomic E-state index is 12.2. The average molecular weight is 274 g/mol. The first-order valence-electron chi connectivity index (χ1n) is 6.51. The average Bonchev–Trinajstić information content (AvgIpc) is 2.81. The van der Waals surface area contributed by atoms with E-state index in [9.17, 15) is 14.7 Å². The quantitative estimate of drug-likeness (QED) is 0.801. The highest BCUT2D eigenvalue weighted by atomic mass is 16.4. The molecule has 1 aromatic heterocycles. The number of nitrogens with one attached hydrogen (secondary N) is 2. The van der Waals surface area contributed by atoms with Crippen molar-refractivity contribution in [2.75, 3.05) is 0 Å². The summed E-state index contributed by atoms with van der Waals surface area (Å²) in [5, 5.41) is 12.7. The van der Waals surface area contributed by atoms with Gasteiger partial charge in [0.25, 0.3) is 5.91 Å². The molecule has 20 heavy (non-hydrogen) atoms. The summed E-state index contributed by atoms with van der Waals surface area (Å²) in [6, 6.07) is 7.56. The molecule has 0 saturated heterocycles. The Bertz CT molecular complexity index is 675. The second kappa shape index (κ2) is 5.00. The van der Waals surface area contributed by atoms with E-state index >= 15 is 0 Å². The van der Waals surface area contributed by atoms with E-state index in [1.807, 2.05) is 25.1 Å². The van der Waals surface area contributed by atoms with E-state index < -0.39 is 17.4 Å². The van der Waals surface area contributed by atoms with E-state index in [2.05, 4.69) is 10.3 Å². The number of H-pyrrole nitrogens is 1. The van der Waals surface area contributed by atoms with Gasteiger partial charge in [0.1, 0.15) is 11.2 Å². The zero-order valence-corrected chi connectivity index (χ0v) is 11.8. The van der Waals surface area contributed by atoms with Crippen molar-refractivity contribution in [1.82, 2.24) is 10.3 Å². The van der Waals surface area contributed by atoms with Gasteiger partial charge in [-0.25, -0.2) is 4.79 Å². The summed E-state index contributed by atoms with van der Waals surface area (Å²) in [5.41, 5.74) is 1.06. The third-order valence-corrected chi connectivity index (χ3v) is 3.59. The fourth-order valence-corrected chi connectivity index (χ4v) is 1.97. The van der Waals surface area contributed by atoms with Crippen molar-refractivity contribution in [1.29, 1.82) is 0 Å². The van der Waals surface area contributed by atoms with Crippen molar-refractivity contribution in [3.63, 3.8) is 0 Å². The molecule has 2 rings (SSSR count). The van der Waals surface area contributed by atoms with Gasteiger partial charge in [0.05, 0.1) is 0 Å². The van der Waals surface area contributed by atoms with Crippen LogP contribution in [-0.2, 0) is 4.79 Å². The molecule has 0 radical (unpaired) electrons. The number of carboxylic acid groups (broad SMARTS) is 1. The van der Waals surface area contributed by atoms with Crippen LogP contribution in [0.4, 0.5) is 0 Å². The molecule has 0 aliphatic heterocycles. The van der Waals surface area contributed by atoms with Crippen LogP contribution in [0, 0.1) is 6.92 Å². The van der Waals surface area contributed by atoms with E-state index in [1.54, 1.807) is 13.0 Å². The van der Waals surface area contributed by atoms with Crippen molar-refractivity contribution < 1.29 is 14.7 Å². The summed E-state index contributed by atoms with van der Waals surface area (Å²) in [4.78, 5) is 26.4. The number of aromatic nitrogens is 1. The van der Waals surface area contributed by atoms with E-state index in [0.29, 0.717) is 12.1 Å². The highest BCUT2D eigenvalue weighted by Crippen LogP contribution is 2.18. The topological polar surface area (TPSA) is 82.2 Å². The van der Waals surface area contributed by atoms with Gasteiger partial charge >= 0.3 is 5.97 Å². The Morgan fingerprint density at radius 3 is 2.65 bits per heavy atom. The van der Waals surface area contributed by atoms with Gasteiger partial charge in [-0.3, -0.25) is 4.79 Å². The number of hydrogen-bond donors (Lipinski definition) is 3. The number of hydrogen-bond acceptors (Lipinski definition) is 2. The Hall–Kier alpha value is -2.30. The molecule has 1 atom stereocenters. The van der Waals surface area contributed by atoms with Crippen LogP contribution in [0.1, 0.15) is 36.3 Å². The van der Waals surface area contributed by atoms with E-state index in [1.165, 1.54) is 6.92 Å². The summed E-state index contributed by atoms with van der Waals surface area (Å²) < 4.78 is 0. The van der Waals surface area contributed by atoms with Crippen molar-refractivity contribution in [2.45, 2.75) is 32.7 Å². The number of rotatable bonds is 4. The van der Waals surface area contributed by atoms with Crippen LogP contribution in [0.2, 0.25) is 0 Å². The molecule has 0 spiro atoms. The lowest BCUT2D eigenvalue weighted by Gasteiger charge is -2.24. The lowest BCUT2D eigenvalue weighted by molar-refractivity contribution is -0.143. The van der Waals surface area contributed by atoms with Crippen LogP contribution in [0.25, 0.3) is 10.9 Å². The zero-order chi connectivity index (χ0) is 14.9. The maximum Gasteiger partial charge on any atom is 0.329 e. The van der Waals surface area contributed by atoms with Gasteiger partial charge in [-0.05, 0) is 38.0 Å². The first kappa shape index (κ1) is 14.1. The Balaban J connectivity index is 2.29. The third kappa shape index (κ3) is 2.52. The fourth-order valence-electron chi connectivity index (χ4n) is 1.97. The summed E-state index contributed by atoms with van der Waals surface area (Å²) in [6.45, 7) is 5.20. The van der Waals surface area contributed by atoms with Gasteiger partial charge in [0, 0.05) is 10.9 Å². The predicted octanol–water partition coefficient (Wildman–Crippen LogP) is 2.46. The molecule has 0 aliphatic rings. The van der Waals surface area contributed by atoms with Gasteiger partial charge < -0.3 is 15.4 Å². The first-order chi connectivity index (χ1) is 9.35. The number of benzene rings is 1. The zero-order valence-electron chi connectivity index (χ0n) is 11.8. The predicted molar refractivity (Wildman–Crippen MR) is 76.8 cm³/mol. The summed E-state index contributed by atoms with van der Waals surface area (Å²) in [7, 11) is 0. The molecule has 5 heteroatoms. The number of carbonyl (C=O) groups excluding carboxylic acids is 1. The highest BCUT2D eigenvalue weighted by molar-refractivity contribution is 6.00. The van der Waals surface area contributed by atoms with Crippen molar-refractivity contribution in [3.05, 3.63) is 35.5 Å². The minimum atomic E-state index is -1.26. The molecule has 0 fully saturated rings. The van der Waals surface area contributed by atoms with E-state index in [0.717, 1.165) is 16.5 Å². The number of carbonyl (C=O) groups is 2. The molecular weight excluding hydrogens is 256 g/mol. The molecule has 3 N–H and O–H groups in total. The third-order valence-electron chi connectivity index (χ3n) is 3.59. The molecule has 1 aromatic carbocycles. The number of carboxylic acids is 1. The standard InChI is InChI=1S/C15H18N2O3/c1-4-15(3,14(19)20)17-13(18)12-8-10-6-5-9(2)7-11(10)16-12/h5-8,16H,4H2,1-3H3,(H,17,18)(H,19,20). The Morgan fingerprint density at radius 2 is 2.05 bits per heavy atom. The van der Waals surface area contributed by atoms with Crippen LogP contribution in [0.15, 0.2) is 24.3 Å². The molecule has 1 unspecified atom stereocenters. The number of fused-ring (bicyclic) bond motifs is 1. The molecule has 0 aliphatic carbocycles. The minimum absolute atomic E-state index is 0.313. The molecule has 1 heterocycles. The van der Waals surface area contributed by atoms with Crippen LogP contribution in [0.3, 0.4) is 0 Å². The molecular formula is C15H18N2O3. The molecule has 0 saturated carbocycles. The highest BCUT2D eigenvalue weighted by Gasteiger charge is 2.33. The molecule has 1 amide bonds. The number of aryl methyl sites for hydroxylation is 1. The lowest BCUT2D eigenvalue weighted by Crippen LogP contribution is -2.51. The van der Waals surface area contributed by atoms with E-state index in [4.69, 9.17) is 0 Å². The first-order valence-corrected chi connectivity index (χ1v) is 6.51. The van der Waals surface area contributed by atoms with Crippen molar-refractivity contribution in [2.24, 2.45) is 0 Å². The van der Waals surface area contributed by atoms with Crippen molar-refractivity contribution in [3.8, 4) is 0 Å². The van der Waals surface area contributed by atoms with Crippen molar-refractivity contribution >= 4 is 22.8 Å². The van der Waals surface area contributed by atoms with Gasteiger partial charge in [-0.1, -0.05) is 19.1 Å². The van der Waals surface area contributed by atoms with Gasteiger partial charge in [-0.2, -0.15) is 0 Å². The van der Waals surface area contributed by atoms with Crippen LogP contribution < -0.4 is 5.32 Å². The molecule has 2 aromatic rings. The van der Waals surface area contributed by atoms with Gasteiger partial charge in [0.2, 0.25) is 0 Å². The molecule has 5 nitrogen and oxygen atoms in total. The summed E-state index contributed by atoms with van der Waals surface area (Å²) in [5.74, 6) is -1.45. The Kier molecular flexibility index (Phi) is 3.53. The minimum Gasteiger partial charge on any atom is -0.480 e. The number of amides is 1. The van der Waals surface area contributed by atoms with E-state index in [-0.39, 0.29) is 0 Å². The maximum absolute atomic E-state index is 12.2. The summed E-state index contributed by atoms with van der Waals surface area (Å²) in [6.07, 6.45) is 0.313. The SMILES string of the molecule is CCC(C)(NC(=O)c1cc2ccc(C)cc2[nH]1)C(=O)O. The smallest absolute Gasteiger partial charge is 0.329 e. The van der Waals surface area contributed by atoms with Crippen LogP contribution >= 0.6 is 0 Å². The van der Waals surface area contributed by atoms with Crippen LogP contribution in [-0.4, -0.2) is 27.5 Å². The number of aliphatic carboxylic acids is 1.